The largest absolute Gasteiger partial charge is 0.481 e. The number of carboxylic acids is 1. The van der Waals surface area contributed by atoms with Crippen LogP contribution in [0, 0.1) is 0 Å². The highest BCUT2D eigenvalue weighted by molar-refractivity contribution is 5.94. The summed E-state index contributed by atoms with van der Waals surface area (Å²) >= 11 is 0. The summed E-state index contributed by atoms with van der Waals surface area (Å²) < 4.78 is 0. The monoisotopic (exact) mass is 290 g/mol. The first-order valence-corrected chi connectivity index (χ1v) is 7.21. The molecule has 0 saturated carbocycles. The molecule has 2 rings (SSSR count). The first-order valence-electron chi connectivity index (χ1n) is 7.21. The number of nitrogens with zero attached hydrogens (tertiary/aromatic N) is 1. The van der Waals surface area contributed by atoms with E-state index in [4.69, 9.17) is 5.11 Å². The van der Waals surface area contributed by atoms with Crippen LogP contribution in [0.5, 0.6) is 0 Å². The van der Waals surface area contributed by atoms with Crippen molar-refractivity contribution in [2.75, 3.05) is 4.90 Å². The molecule has 2 N–H and O–H groups in total. The fraction of sp³-hybridized carbons (Fsp3) is 0.500. The van der Waals surface area contributed by atoms with Crippen LogP contribution in [0.25, 0.3) is 0 Å². The van der Waals surface area contributed by atoms with E-state index in [1.165, 1.54) is 0 Å². The van der Waals surface area contributed by atoms with Gasteiger partial charge in [-0.15, -0.1) is 0 Å². The molecule has 1 aliphatic heterocycles. The van der Waals surface area contributed by atoms with E-state index in [2.05, 4.69) is 5.32 Å². The molecular formula is C16H22N2O3. The fourth-order valence-electron chi connectivity index (χ4n) is 2.77. The minimum Gasteiger partial charge on any atom is -0.481 e. The Morgan fingerprint density at radius 1 is 1.38 bits per heavy atom. The molecule has 0 spiro atoms. The highest BCUT2D eigenvalue weighted by Gasteiger charge is 2.32. The number of hydrogen-bond acceptors (Lipinski definition) is 2. The van der Waals surface area contributed by atoms with E-state index in [0.717, 1.165) is 24.1 Å². The molecule has 1 heterocycles. The number of fused-ring (bicyclic) bond motifs is 1. The van der Waals surface area contributed by atoms with Crippen LogP contribution in [0.15, 0.2) is 24.3 Å². The van der Waals surface area contributed by atoms with E-state index in [1.807, 2.05) is 31.2 Å². The molecule has 114 valence electrons. The number of rotatable bonds is 3. The summed E-state index contributed by atoms with van der Waals surface area (Å²) in [7, 11) is 0. The summed E-state index contributed by atoms with van der Waals surface area (Å²) in [6, 6.07) is 7.72. The molecule has 1 atom stereocenters. The lowest BCUT2D eigenvalue weighted by Crippen LogP contribution is -2.54. The standard InChI is InChI=1S/C16H22N2O3/c1-11-8-9-12-6-4-5-7-13(12)18(11)15(21)17-16(2,3)10-14(19)20/h4-7,11H,8-10H2,1-3H3,(H,17,21)(H,19,20). The Morgan fingerprint density at radius 2 is 2.05 bits per heavy atom. The predicted octanol–water partition coefficient (Wildman–Crippen LogP) is 2.79. The van der Waals surface area contributed by atoms with Crippen LogP contribution < -0.4 is 10.2 Å². The van der Waals surface area contributed by atoms with E-state index in [0.29, 0.717) is 0 Å². The summed E-state index contributed by atoms with van der Waals surface area (Å²) in [6.45, 7) is 5.46. The zero-order chi connectivity index (χ0) is 15.6. The fourth-order valence-corrected chi connectivity index (χ4v) is 2.77. The van der Waals surface area contributed by atoms with Crippen LogP contribution in [0.3, 0.4) is 0 Å². The van der Waals surface area contributed by atoms with Crippen molar-refractivity contribution in [1.82, 2.24) is 5.32 Å². The number of aliphatic carboxylic acids is 1. The minimum absolute atomic E-state index is 0.0977. The number of anilines is 1. The maximum absolute atomic E-state index is 12.6. The van der Waals surface area contributed by atoms with E-state index in [1.54, 1.807) is 18.7 Å². The first kappa shape index (κ1) is 15.4. The highest BCUT2D eigenvalue weighted by Crippen LogP contribution is 2.30. The molecule has 0 fully saturated rings. The summed E-state index contributed by atoms with van der Waals surface area (Å²) in [5.41, 5.74) is 1.29. The Labute approximate surface area is 125 Å². The van der Waals surface area contributed by atoms with Crippen molar-refractivity contribution in [3.63, 3.8) is 0 Å². The number of para-hydroxylation sites is 1. The van der Waals surface area contributed by atoms with Crippen molar-refractivity contribution < 1.29 is 14.7 Å². The molecule has 5 nitrogen and oxygen atoms in total. The molecule has 1 aromatic rings. The Hall–Kier alpha value is -2.04. The van der Waals surface area contributed by atoms with Gasteiger partial charge in [0.15, 0.2) is 0 Å². The average Bonchev–Trinajstić information content (AvgIpc) is 2.35. The van der Waals surface area contributed by atoms with E-state index >= 15 is 0 Å². The number of carbonyl (C=O) groups excluding carboxylic acids is 1. The highest BCUT2D eigenvalue weighted by atomic mass is 16.4. The lowest BCUT2D eigenvalue weighted by atomic mass is 9.96. The summed E-state index contributed by atoms with van der Waals surface area (Å²) in [6.07, 6.45) is 1.76. The van der Waals surface area contributed by atoms with Gasteiger partial charge in [-0.05, 0) is 45.2 Å². The summed E-state index contributed by atoms with van der Waals surface area (Å²) in [5.74, 6) is -0.924. The zero-order valence-electron chi connectivity index (χ0n) is 12.7. The predicted molar refractivity (Wildman–Crippen MR) is 81.6 cm³/mol. The number of carbonyl (C=O) groups is 2. The van der Waals surface area contributed by atoms with Crippen LogP contribution in [0.2, 0.25) is 0 Å². The van der Waals surface area contributed by atoms with Gasteiger partial charge in [-0.25, -0.2) is 4.79 Å². The normalized spacial score (nSPS) is 18.0. The number of benzene rings is 1. The molecule has 1 aromatic carbocycles. The van der Waals surface area contributed by atoms with Gasteiger partial charge in [0.05, 0.1) is 6.42 Å². The SMILES string of the molecule is CC1CCc2ccccc2N1C(=O)NC(C)(C)CC(=O)O. The Bertz CT molecular complexity index is 554. The third-order valence-electron chi connectivity index (χ3n) is 3.78. The van der Waals surface area contributed by atoms with Gasteiger partial charge in [-0.2, -0.15) is 0 Å². The van der Waals surface area contributed by atoms with Crippen molar-refractivity contribution >= 4 is 17.7 Å². The molecule has 1 aliphatic rings. The van der Waals surface area contributed by atoms with Crippen molar-refractivity contribution in [1.29, 1.82) is 0 Å². The van der Waals surface area contributed by atoms with Crippen molar-refractivity contribution in [2.24, 2.45) is 0 Å². The van der Waals surface area contributed by atoms with Crippen LogP contribution in [0.1, 0.15) is 39.2 Å². The number of nitrogens with one attached hydrogen (secondary N) is 1. The molecule has 21 heavy (non-hydrogen) atoms. The molecule has 1 unspecified atom stereocenters. The second kappa shape index (κ2) is 5.76. The van der Waals surface area contributed by atoms with Crippen molar-refractivity contribution in [3.05, 3.63) is 29.8 Å². The molecule has 2 amide bonds. The van der Waals surface area contributed by atoms with Gasteiger partial charge in [-0.1, -0.05) is 18.2 Å². The third kappa shape index (κ3) is 3.54. The molecule has 0 saturated heterocycles. The number of hydrogen-bond donors (Lipinski definition) is 2. The molecule has 0 aromatic heterocycles. The zero-order valence-corrected chi connectivity index (χ0v) is 12.7. The second-order valence-corrected chi connectivity index (χ2v) is 6.27. The lowest BCUT2D eigenvalue weighted by Gasteiger charge is -2.37. The van der Waals surface area contributed by atoms with Crippen LogP contribution in [-0.4, -0.2) is 28.7 Å². The molecular weight excluding hydrogens is 268 g/mol. The number of carboxylic acid groups (broad SMARTS) is 1. The maximum Gasteiger partial charge on any atom is 0.322 e. The number of urea groups is 1. The van der Waals surface area contributed by atoms with Crippen molar-refractivity contribution in [2.45, 2.75) is 51.6 Å². The topological polar surface area (TPSA) is 69.6 Å². The summed E-state index contributed by atoms with van der Waals surface area (Å²) in [4.78, 5) is 25.2. The first-order chi connectivity index (χ1) is 9.80. The second-order valence-electron chi connectivity index (χ2n) is 6.27. The average molecular weight is 290 g/mol. The smallest absolute Gasteiger partial charge is 0.322 e. The summed E-state index contributed by atoms with van der Waals surface area (Å²) in [5, 5.41) is 11.8. The number of aryl methyl sites for hydroxylation is 1. The Balaban J connectivity index is 2.21. The molecule has 0 aliphatic carbocycles. The molecule has 0 radical (unpaired) electrons. The van der Waals surface area contributed by atoms with E-state index in [9.17, 15) is 9.59 Å². The minimum atomic E-state index is -0.924. The van der Waals surface area contributed by atoms with Crippen LogP contribution >= 0.6 is 0 Å². The van der Waals surface area contributed by atoms with Gasteiger partial charge in [0.25, 0.3) is 0 Å². The Kier molecular flexibility index (Phi) is 4.21. The number of amides is 2. The van der Waals surface area contributed by atoms with Gasteiger partial charge in [-0.3, -0.25) is 9.69 Å². The maximum atomic E-state index is 12.6. The van der Waals surface area contributed by atoms with Gasteiger partial charge < -0.3 is 10.4 Å². The lowest BCUT2D eigenvalue weighted by molar-refractivity contribution is -0.138. The molecule has 0 bridgehead atoms. The van der Waals surface area contributed by atoms with E-state index < -0.39 is 11.5 Å². The van der Waals surface area contributed by atoms with Gasteiger partial charge in [0.2, 0.25) is 0 Å². The van der Waals surface area contributed by atoms with Crippen molar-refractivity contribution in [3.8, 4) is 0 Å². The van der Waals surface area contributed by atoms with E-state index in [-0.39, 0.29) is 18.5 Å². The molecule has 5 heteroatoms. The van der Waals surface area contributed by atoms with Crippen LogP contribution in [0.4, 0.5) is 10.5 Å². The van der Waals surface area contributed by atoms with Gasteiger partial charge in [0, 0.05) is 17.3 Å². The van der Waals surface area contributed by atoms with Gasteiger partial charge >= 0.3 is 12.0 Å². The Morgan fingerprint density at radius 3 is 2.71 bits per heavy atom. The third-order valence-corrected chi connectivity index (χ3v) is 3.78. The van der Waals surface area contributed by atoms with Crippen LogP contribution in [-0.2, 0) is 11.2 Å². The quantitative estimate of drug-likeness (QED) is 0.899. The van der Waals surface area contributed by atoms with Gasteiger partial charge in [0.1, 0.15) is 0 Å².